The van der Waals surface area contributed by atoms with Crippen molar-refractivity contribution in [3.05, 3.63) is 48.0 Å². The van der Waals surface area contributed by atoms with E-state index < -0.39 is 5.60 Å². The fraction of sp³-hybridized carbons (Fsp3) is 0.263. The van der Waals surface area contributed by atoms with Crippen LogP contribution in [0.2, 0.25) is 0 Å². The topological polar surface area (TPSA) is 76.7 Å². The zero-order valence-corrected chi connectivity index (χ0v) is 14.4. The molecule has 6 nitrogen and oxygen atoms in total. The van der Waals surface area contributed by atoms with Crippen molar-refractivity contribution in [3.8, 4) is 11.5 Å². The van der Waals surface area contributed by atoms with Gasteiger partial charge in [0, 0.05) is 5.69 Å². The van der Waals surface area contributed by atoms with Crippen molar-refractivity contribution < 1.29 is 19.1 Å². The lowest BCUT2D eigenvalue weighted by Gasteiger charge is -2.31. The number of rotatable bonds is 4. The number of fused-ring (bicyclic) bond motifs is 1. The van der Waals surface area contributed by atoms with E-state index in [1.54, 1.807) is 39.2 Å². The van der Waals surface area contributed by atoms with E-state index in [0.717, 1.165) is 11.3 Å². The predicted molar refractivity (Wildman–Crippen MR) is 95.1 cm³/mol. The lowest BCUT2D eigenvalue weighted by molar-refractivity contribution is -0.129. The van der Waals surface area contributed by atoms with Crippen LogP contribution in [0.5, 0.6) is 11.5 Å². The van der Waals surface area contributed by atoms with Crippen molar-refractivity contribution in [2.24, 2.45) is 0 Å². The fourth-order valence-corrected chi connectivity index (χ4v) is 2.52. The van der Waals surface area contributed by atoms with E-state index in [1.165, 1.54) is 0 Å². The quantitative estimate of drug-likeness (QED) is 0.897. The van der Waals surface area contributed by atoms with Gasteiger partial charge in [0.1, 0.15) is 11.5 Å². The first kappa shape index (κ1) is 16.8. The monoisotopic (exact) mass is 340 g/mol. The Hall–Kier alpha value is -3.02. The highest BCUT2D eigenvalue weighted by Crippen LogP contribution is 2.35. The van der Waals surface area contributed by atoms with Crippen molar-refractivity contribution in [3.63, 3.8) is 0 Å². The molecule has 6 heteroatoms. The number of hydrogen-bond donors (Lipinski definition) is 2. The largest absolute Gasteiger partial charge is 0.497 e. The van der Waals surface area contributed by atoms with Crippen LogP contribution in [0.1, 0.15) is 19.4 Å². The maximum atomic E-state index is 12.2. The average molecular weight is 340 g/mol. The van der Waals surface area contributed by atoms with Crippen LogP contribution in [-0.2, 0) is 16.0 Å². The summed E-state index contributed by atoms with van der Waals surface area (Å²) in [6, 6.07) is 12.5. The van der Waals surface area contributed by atoms with Gasteiger partial charge in [-0.05, 0) is 49.7 Å². The molecule has 1 aliphatic rings. The van der Waals surface area contributed by atoms with E-state index in [2.05, 4.69) is 10.6 Å². The van der Waals surface area contributed by atoms with E-state index in [-0.39, 0.29) is 18.2 Å². The van der Waals surface area contributed by atoms with Crippen molar-refractivity contribution in [1.29, 1.82) is 0 Å². The molecule has 130 valence electrons. The van der Waals surface area contributed by atoms with Crippen LogP contribution in [0, 0.1) is 0 Å². The van der Waals surface area contributed by atoms with Crippen LogP contribution in [0.25, 0.3) is 0 Å². The molecule has 3 rings (SSSR count). The number of anilines is 2. The van der Waals surface area contributed by atoms with Crippen LogP contribution in [-0.4, -0.2) is 24.5 Å². The molecule has 0 unspecified atom stereocenters. The van der Waals surface area contributed by atoms with Crippen LogP contribution < -0.4 is 20.1 Å². The Morgan fingerprint density at radius 3 is 2.60 bits per heavy atom. The molecule has 0 saturated carbocycles. The van der Waals surface area contributed by atoms with Crippen molar-refractivity contribution >= 4 is 23.2 Å². The van der Waals surface area contributed by atoms with Gasteiger partial charge in [-0.2, -0.15) is 0 Å². The minimum absolute atomic E-state index is 0.145. The van der Waals surface area contributed by atoms with E-state index >= 15 is 0 Å². The van der Waals surface area contributed by atoms with E-state index in [4.69, 9.17) is 9.47 Å². The van der Waals surface area contributed by atoms with Crippen molar-refractivity contribution in [2.45, 2.75) is 25.9 Å². The normalized spacial score (nSPS) is 14.8. The van der Waals surface area contributed by atoms with Gasteiger partial charge in [-0.15, -0.1) is 0 Å². The van der Waals surface area contributed by atoms with Crippen LogP contribution >= 0.6 is 0 Å². The summed E-state index contributed by atoms with van der Waals surface area (Å²) in [6.45, 7) is 3.41. The lowest BCUT2D eigenvalue weighted by Crippen LogP contribution is -2.45. The summed E-state index contributed by atoms with van der Waals surface area (Å²) in [5.74, 6) is 0.963. The third kappa shape index (κ3) is 3.74. The van der Waals surface area contributed by atoms with E-state index in [9.17, 15) is 9.59 Å². The molecule has 1 aliphatic heterocycles. The zero-order valence-electron chi connectivity index (χ0n) is 14.4. The number of ether oxygens (including phenoxy) is 2. The van der Waals surface area contributed by atoms with Crippen molar-refractivity contribution in [2.75, 3.05) is 17.7 Å². The summed E-state index contributed by atoms with van der Waals surface area (Å²) in [5.41, 5.74) is 1.12. The van der Waals surface area contributed by atoms with Gasteiger partial charge < -0.3 is 20.1 Å². The first-order valence-electron chi connectivity index (χ1n) is 7.95. The number of hydrogen-bond acceptors (Lipinski definition) is 4. The second-order valence-electron chi connectivity index (χ2n) is 6.35. The Balaban J connectivity index is 1.68. The molecule has 0 bridgehead atoms. The van der Waals surface area contributed by atoms with Gasteiger partial charge >= 0.3 is 0 Å². The van der Waals surface area contributed by atoms with Crippen LogP contribution in [0.15, 0.2) is 42.5 Å². The molecule has 0 aromatic heterocycles. The second-order valence-corrected chi connectivity index (χ2v) is 6.35. The highest BCUT2D eigenvalue weighted by atomic mass is 16.5. The Morgan fingerprint density at radius 1 is 1.20 bits per heavy atom. The Bertz CT molecular complexity index is 813. The number of methoxy groups -OCH3 is 1. The molecule has 1 heterocycles. The smallest absolute Gasteiger partial charge is 0.268 e. The summed E-state index contributed by atoms with van der Waals surface area (Å²) in [4.78, 5) is 24.2. The molecular formula is C19H20N2O4. The maximum Gasteiger partial charge on any atom is 0.268 e. The summed E-state index contributed by atoms with van der Waals surface area (Å²) < 4.78 is 10.8. The van der Waals surface area contributed by atoms with E-state index in [1.807, 2.05) is 24.3 Å². The number of nitrogens with one attached hydrogen (secondary N) is 2. The zero-order chi connectivity index (χ0) is 18.0. The Kier molecular flexibility index (Phi) is 4.35. The lowest BCUT2D eigenvalue weighted by atomic mass is 10.1. The molecule has 2 amide bonds. The molecule has 2 aromatic carbocycles. The second kappa shape index (κ2) is 6.47. The highest BCUT2D eigenvalue weighted by Gasteiger charge is 2.35. The number of benzene rings is 2. The molecule has 0 radical (unpaired) electrons. The third-order valence-corrected chi connectivity index (χ3v) is 3.95. The predicted octanol–water partition coefficient (Wildman–Crippen LogP) is 2.99. The SMILES string of the molecule is COc1ccc(CC(=O)Nc2ccc3c(c2)NC(=O)C(C)(C)O3)cc1. The molecule has 0 spiro atoms. The standard InChI is InChI=1S/C19H20N2O4/c1-19(2)18(23)21-15-11-13(6-9-16(15)25-19)20-17(22)10-12-4-7-14(24-3)8-5-12/h4-9,11H,10H2,1-3H3,(H,20,22)(H,21,23). The summed E-state index contributed by atoms with van der Waals surface area (Å²) >= 11 is 0. The Labute approximate surface area is 146 Å². The molecule has 25 heavy (non-hydrogen) atoms. The van der Waals surface area contributed by atoms with Crippen molar-refractivity contribution in [1.82, 2.24) is 0 Å². The van der Waals surface area contributed by atoms with Crippen LogP contribution in [0.3, 0.4) is 0 Å². The van der Waals surface area contributed by atoms with Gasteiger partial charge in [0.15, 0.2) is 5.60 Å². The highest BCUT2D eigenvalue weighted by molar-refractivity contribution is 6.01. The first-order chi connectivity index (χ1) is 11.9. The van der Waals surface area contributed by atoms with Gasteiger partial charge in [0.2, 0.25) is 5.91 Å². The fourth-order valence-electron chi connectivity index (χ4n) is 2.52. The minimum Gasteiger partial charge on any atom is -0.497 e. The summed E-state index contributed by atoms with van der Waals surface area (Å²) in [7, 11) is 1.60. The van der Waals surface area contributed by atoms with Gasteiger partial charge in [-0.3, -0.25) is 9.59 Å². The molecular weight excluding hydrogens is 320 g/mol. The summed E-state index contributed by atoms with van der Waals surface area (Å²) in [6.07, 6.45) is 0.247. The van der Waals surface area contributed by atoms with Gasteiger partial charge in [0.25, 0.3) is 5.91 Å². The third-order valence-electron chi connectivity index (χ3n) is 3.95. The molecule has 2 N–H and O–H groups in total. The number of carbonyl (C=O) groups excluding carboxylic acids is 2. The molecule has 0 atom stereocenters. The number of amides is 2. The molecule has 0 saturated heterocycles. The van der Waals surface area contributed by atoms with Crippen LogP contribution in [0.4, 0.5) is 11.4 Å². The van der Waals surface area contributed by atoms with Gasteiger partial charge in [-0.1, -0.05) is 12.1 Å². The number of carbonyl (C=O) groups is 2. The van der Waals surface area contributed by atoms with E-state index in [0.29, 0.717) is 17.1 Å². The maximum absolute atomic E-state index is 12.2. The summed E-state index contributed by atoms with van der Waals surface area (Å²) in [5, 5.41) is 5.62. The molecule has 2 aromatic rings. The average Bonchev–Trinajstić information content (AvgIpc) is 2.56. The van der Waals surface area contributed by atoms with Gasteiger partial charge in [-0.25, -0.2) is 0 Å². The Morgan fingerprint density at radius 2 is 1.92 bits per heavy atom. The molecule has 0 aliphatic carbocycles. The first-order valence-corrected chi connectivity index (χ1v) is 7.95. The van der Waals surface area contributed by atoms with Gasteiger partial charge in [0.05, 0.1) is 19.2 Å². The molecule has 0 fully saturated rings. The minimum atomic E-state index is -0.911.